The fourth-order valence-corrected chi connectivity index (χ4v) is 2.01. The summed E-state index contributed by atoms with van der Waals surface area (Å²) < 4.78 is 0. The van der Waals surface area contributed by atoms with E-state index < -0.39 is 4.92 Å². The molecule has 0 amide bonds. The highest BCUT2D eigenvalue weighted by molar-refractivity contribution is 5.68. The molecule has 0 aliphatic carbocycles. The molecule has 2 N–H and O–H groups in total. The van der Waals surface area contributed by atoms with E-state index in [-0.39, 0.29) is 11.5 Å². The molecule has 0 radical (unpaired) electrons. The largest absolute Gasteiger partial charge is 0.378 e. The molecule has 0 saturated carbocycles. The zero-order valence-corrected chi connectivity index (χ0v) is 9.67. The van der Waals surface area contributed by atoms with E-state index in [1.54, 1.807) is 0 Å². The first-order valence-corrected chi connectivity index (χ1v) is 5.59. The second-order valence-electron chi connectivity index (χ2n) is 4.36. The average Bonchev–Trinajstić information content (AvgIpc) is 2.29. The normalized spacial score (nSPS) is 17.1. The lowest BCUT2D eigenvalue weighted by Gasteiger charge is -2.30. The predicted molar refractivity (Wildman–Crippen MR) is 63.7 cm³/mol. The molecule has 0 aromatic carbocycles. The Morgan fingerprint density at radius 2 is 2.12 bits per heavy atom. The minimum Gasteiger partial charge on any atom is -0.378 e. The summed E-state index contributed by atoms with van der Waals surface area (Å²) in [5, 5.41) is 11.0. The van der Waals surface area contributed by atoms with Crippen molar-refractivity contribution in [2.75, 3.05) is 23.7 Å². The Bertz CT molecular complexity index is 429. The smallest absolute Gasteiger partial charge is 0.353 e. The maximum absolute atomic E-state index is 11.0. The molecular formula is C10H15N5O2. The van der Waals surface area contributed by atoms with Crippen molar-refractivity contribution in [3.8, 4) is 0 Å². The molecule has 2 heterocycles. The average molecular weight is 237 g/mol. The lowest BCUT2D eigenvalue weighted by Crippen LogP contribution is -2.34. The zero-order valence-electron chi connectivity index (χ0n) is 9.67. The summed E-state index contributed by atoms with van der Waals surface area (Å²) in [4.78, 5) is 20.0. The minimum atomic E-state index is -0.511. The van der Waals surface area contributed by atoms with Crippen molar-refractivity contribution in [2.24, 2.45) is 5.92 Å². The van der Waals surface area contributed by atoms with Gasteiger partial charge in [0.1, 0.15) is 6.33 Å². The standard InChI is InChI=1S/C10H15N5O2/c1-7-2-4-14(5-3-7)10-8(15(16)17)9(11)12-6-13-10/h6-7H,2-5H2,1H3,(H2,11,12,13). The second-order valence-corrected chi connectivity index (χ2v) is 4.36. The molecule has 7 nitrogen and oxygen atoms in total. The highest BCUT2D eigenvalue weighted by Gasteiger charge is 2.27. The van der Waals surface area contributed by atoms with Crippen LogP contribution in [-0.4, -0.2) is 28.0 Å². The van der Waals surface area contributed by atoms with Crippen LogP contribution in [0.15, 0.2) is 6.33 Å². The van der Waals surface area contributed by atoms with Gasteiger partial charge in [-0.05, 0) is 18.8 Å². The van der Waals surface area contributed by atoms with Gasteiger partial charge in [0.25, 0.3) is 0 Å². The molecule has 1 fully saturated rings. The number of nitrogen functional groups attached to an aromatic ring is 1. The fraction of sp³-hybridized carbons (Fsp3) is 0.600. The molecule has 92 valence electrons. The monoisotopic (exact) mass is 237 g/mol. The highest BCUT2D eigenvalue weighted by atomic mass is 16.6. The Morgan fingerprint density at radius 3 is 2.71 bits per heavy atom. The van der Waals surface area contributed by atoms with Crippen LogP contribution in [0.2, 0.25) is 0 Å². The van der Waals surface area contributed by atoms with E-state index >= 15 is 0 Å². The molecule has 1 aromatic heterocycles. The molecule has 2 rings (SSSR count). The molecule has 0 atom stereocenters. The maximum atomic E-state index is 11.0. The third-order valence-corrected chi connectivity index (χ3v) is 3.10. The first-order valence-electron chi connectivity index (χ1n) is 5.59. The summed E-state index contributed by atoms with van der Waals surface area (Å²) in [6, 6.07) is 0. The van der Waals surface area contributed by atoms with E-state index in [1.807, 2.05) is 4.90 Å². The molecule has 17 heavy (non-hydrogen) atoms. The Balaban J connectivity index is 2.32. The van der Waals surface area contributed by atoms with E-state index in [9.17, 15) is 10.1 Å². The van der Waals surface area contributed by atoms with E-state index in [2.05, 4.69) is 16.9 Å². The van der Waals surface area contributed by atoms with Crippen molar-refractivity contribution in [1.82, 2.24) is 9.97 Å². The van der Waals surface area contributed by atoms with Crippen LogP contribution in [0.3, 0.4) is 0 Å². The van der Waals surface area contributed by atoms with Gasteiger partial charge in [0.05, 0.1) is 4.92 Å². The molecular weight excluding hydrogens is 222 g/mol. The van der Waals surface area contributed by atoms with Gasteiger partial charge in [-0.2, -0.15) is 0 Å². The molecule has 1 aliphatic heterocycles. The molecule has 0 spiro atoms. The van der Waals surface area contributed by atoms with E-state index in [0.717, 1.165) is 25.9 Å². The summed E-state index contributed by atoms with van der Waals surface area (Å²) >= 11 is 0. The number of rotatable bonds is 2. The number of nitro groups is 1. The minimum absolute atomic E-state index is 0.0707. The van der Waals surface area contributed by atoms with Crippen molar-refractivity contribution in [2.45, 2.75) is 19.8 Å². The van der Waals surface area contributed by atoms with Gasteiger partial charge in [0.15, 0.2) is 0 Å². The first-order chi connectivity index (χ1) is 8.09. The summed E-state index contributed by atoms with van der Waals surface area (Å²) in [7, 11) is 0. The van der Waals surface area contributed by atoms with Crippen LogP contribution in [-0.2, 0) is 0 Å². The summed E-state index contributed by atoms with van der Waals surface area (Å²) in [6.07, 6.45) is 3.30. The quantitative estimate of drug-likeness (QED) is 0.613. The van der Waals surface area contributed by atoms with E-state index in [4.69, 9.17) is 5.73 Å². The van der Waals surface area contributed by atoms with E-state index in [0.29, 0.717) is 11.7 Å². The second kappa shape index (κ2) is 4.52. The van der Waals surface area contributed by atoms with Crippen LogP contribution in [0.1, 0.15) is 19.8 Å². The lowest BCUT2D eigenvalue weighted by molar-refractivity contribution is -0.383. The molecule has 1 aromatic rings. The van der Waals surface area contributed by atoms with Gasteiger partial charge in [-0.15, -0.1) is 0 Å². The Hall–Kier alpha value is -1.92. The van der Waals surface area contributed by atoms with Gasteiger partial charge in [-0.3, -0.25) is 10.1 Å². The fourth-order valence-electron chi connectivity index (χ4n) is 2.01. The molecule has 0 unspecified atom stereocenters. The van der Waals surface area contributed by atoms with Gasteiger partial charge in [0.2, 0.25) is 11.6 Å². The van der Waals surface area contributed by atoms with Crippen LogP contribution >= 0.6 is 0 Å². The van der Waals surface area contributed by atoms with Gasteiger partial charge >= 0.3 is 5.69 Å². The number of nitrogens with zero attached hydrogens (tertiary/aromatic N) is 4. The zero-order chi connectivity index (χ0) is 12.4. The summed E-state index contributed by atoms with van der Waals surface area (Å²) in [5.41, 5.74) is 5.36. The highest BCUT2D eigenvalue weighted by Crippen LogP contribution is 2.32. The van der Waals surface area contributed by atoms with Crippen molar-refractivity contribution >= 4 is 17.3 Å². The number of hydrogen-bond acceptors (Lipinski definition) is 6. The number of nitrogens with two attached hydrogens (primary N) is 1. The van der Waals surface area contributed by atoms with Gasteiger partial charge in [0, 0.05) is 13.1 Å². The van der Waals surface area contributed by atoms with Crippen molar-refractivity contribution in [1.29, 1.82) is 0 Å². The van der Waals surface area contributed by atoms with Crippen LogP contribution in [0.25, 0.3) is 0 Å². The lowest BCUT2D eigenvalue weighted by atomic mass is 9.99. The number of piperidine rings is 1. The van der Waals surface area contributed by atoms with E-state index in [1.165, 1.54) is 6.33 Å². The third-order valence-electron chi connectivity index (χ3n) is 3.10. The number of hydrogen-bond donors (Lipinski definition) is 1. The van der Waals surface area contributed by atoms with Crippen molar-refractivity contribution in [3.63, 3.8) is 0 Å². The Morgan fingerprint density at radius 1 is 1.47 bits per heavy atom. The van der Waals surface area contributed by atoms with Gasteiger partial charge in [-0.1, -0.05) is 6.92 Å². The van der Waals surface area contributed by atoms with Crippen LogP contribution in [0.4, 0.5) is 17.3 Å². The van der Waals surface area contributed by atoms with Crippen molar-refractivity contribution in [3.05, 3.63) is 16.4 Å². The van der Waals surface area contributed by atoms with Gasteiger partial charge < -0.3 is 10.6 Å². The summed E-state index contributed by atoms with van der Waals surface area (Å²) in [6.45, 7) is 3.73. The maximum Gasteiger partial charge on any atom is 0.353 e. The molecule has 1 saturated heterocycles. The number of aromatic nitrogens is 2. The molecule has 7 heteroatoms. The van der Waals surface area contributed by atoms with Crippen molar-refractivity contribution < 1.29 is 4.92 Å². The SMILES string of the molecule is CC1CCN(c2ncnc(N)c2[N+](=O)[O-])CC1. The van der Waals surface area contributed by atoms with Crippen LogP contribution < -0.4 is 10.6 Å². The van der Waals surface area contributed by atoms with Crippen LogP contribution in [0, 0.1) is 16.0 Å². The van der Waals surface area contributed by atoms with Gasteiger partial charge in [-0.25, -0.2) is 9.97 Å². The molecule has 0 bridgehead atoms. The first kappa shape index (κ1) is 11.6. The predicted octanol–water partition coefficient (Wildman–Crippen LogP) is 1.20. The van der Waals surface area contributed by atoms with Crippen LogP contribution in [0.5, 0.6) is 0 Å². The third kappa shape index (κ3) is 2.27. The summed E-state index contributed by atoms with van der Waals surface area (Å²) in [5.74, 6) is 0.928. The number of anilines is 2. The Labute approximate surface area is 98.8 Å². The topological polar surface area (TPSA) is 98.2 Å². The Kier molecular flexibility index (Phi) is 3.08. The molecule has 1 aliphatic rings.